The highest BCUT2D eigenvalue weighted by atomic mass is 16.5. The number of esters is 1. The monoisotopic (exact) mass is 353 g/mol. The van der Waals surface area contributed by atoms with Gasteiger partial charge >= 0.3 is 5.97 Å². The van der Waals surface area contributed by atoms with Gasteiger partial charge in [0.15, 0.2) is 5.96 Å². The smallest absolute Gasteiger partial charge is 0.308 e. The molecular formula is C19H35N3O3. The Bertz CT molecular complexity index is 439. The molecule has 25 heavy (non-hydrogen) atoms. The van der Waals surface area contributed by atoms with Gasteiger partial charge in [-0.3, -0.25) is 9.79 Å². The molecule has 0 amide bonds. The maximum Gasteiger partial charge on any atom is 0.308 e. The van der Waals surface area contributed by atoms with Gasteiger partial charge in [-0.15, -0.1) is 0 Å². The van der Waals surface area contributed by atoms with Crippen LogP contribution < -0.4 is 10.6 Å². The van der Waals surface area contributed by atoms with Gasteiger partial charge in [-0.05, 0) is 52.4 Å². The molecule has 0 aliphatic heterocycles. The third kappa shape index (κ3) is 6.49. The third-order valence-corrected chi connectivity index (χ3v) is 5.35. The van der Waals surface area contributed by atoms with E-state index in [-0.39, 0.29) is 11.9 Å². The average Bonchev–Trinajstić information content (AvgIpc) is 2.61. The maximum atomic E-state index is 11.8. The van der Waals surface area contributed by atoms with Crippen LogP contribution in [0.25, 0.3) is 0 Å². The quantitative estimate of drug-likeness (QED) is 0.388. The molecule has 2 aliphatic rings. The van der Waals surface area contributed by atoms with Crippen LogP contribution in [-0.2, 0) is 9.53 Å². The van der Waals surface area contributed by atoms with Crippen molar-refractivity contribution in [1.29, 1.82) is 0 Å². The molecule has 0 aromatic rings. The fourth-order valence-electron chi connectivity index (χ4n) is 3.84. The van der Waals surface area contributed by atoms with E-state index in [2.05, 4.69) is 15.6 Å². The standard InChI is InChI=1S/C19H35N3O3/c1-3-20-18(21-14-19(24)12-6-5-7-13-19)22-16-10-8-15(9-11-16)17(23)25-4-2/h15-16,24H,3-14H2,1-2H3,(H2,20,21,22). The number of carbonyl (C=O) groups excluding carboxylic acids is 1. The summed E-state index contributed by atoms with van der Waals surface area (Å²) in [6.07, 6.45) is 8.70. The molecule has 2 rings (SSSR count). The van der Waals surface area contributed by atoms with Crippen molar-refractivity contribution < 1.29 is 14.6 Å². The largest absolute Gasteiger partial charge is 0.466 e. The molecule has 2 saturated carbocycles. The Morgan fingerprint density at radius 1 is 1.16 bits per heavy atom. The summed E-state index contributed by atoms with van der Waals surface area (Å²) in [5.41, 5.74) is -0.637. The predicted molar refractivity (Wildman–Crippen MR) is 99.5 cm³/mol. The number of nitrogens with one attached hydrogen (secondary N) is 2. The molecule has 0 aromatic heterocycles. The first-order valence-corrected chi connectivity index (χ1v) is 10.00. The highest BCUT2D eigenvalue weighted by Crippen LogP contribution is 2.28. The van der Waals surface area contributed by atoms with Gasteiger partial charge in [0.2, 0.25) is 0 Å². The summed E-state index contributed by atoms with van der Waals surface area (Å²) in [5, 5.41) is 17.4. The second-order valence-electron chi connectivity index (χ2n) is 7.43. The Balaban J connectivity index is 1.83. The van der Waals surface area contributed by atoms with Crippen molar-refractivity contribution in [3.8, 4) is 0 Å². The lowest BCUT2D eigenvalue weighted by atomic mass is 9.85. The van der Waals surface area contributed by atoms with E-state index in [1.807, 2.05) is 13.8 Å². The van der Waals surface area contributed by atoms with Crippen molar-refractivity contribution in [2.24, 2.45) is 10.9 Å². The number of carbonyl (C=O) groups is 1. The van der Waals surface area contributed by atoms with Gasteiger partial charge in [-0.2, -0.15) is 0 Å². The summed E-state index contributed by atoms with van der Waals surface area (Å²) in [4.78, 5) is 16.5. The Morgan fingerprint density at radius 2 is 1.84 bits per heavy atom. The summed E-state index contributed by atoms with van der Waals surface area (Å²) in [5.74, 6) is 0.766. The molecule has 0 radical (unpaired) electrons. The van der Waals surface area contributed by atoms with Gasteiger partial charge < -0.3 is 20.5 Å². The Hall–Kier alpha value is -1.30. The fraction of sp³-hybridized carbons (Fsp3) is 0.895. The molecule has 0 bridgehead atoms. The van der Waals surface area contributed by atoms with Crippen LogP contribution >= 0.6 is 0 Å². The number of hydrogen-bond acceptors (Lipinski definition) is 4. The molecule has 2 aliphatic carbocycles. The fourth-order valence-corrected chi connectivity index (χ4v) is 3.84. The van der Waals surface area contributed by atoms with Gasteiger partial charge in [0.1, 0.15) is 0 Å². The molecule has 0 aromatic carbocycles. The van der Waals surface area contributed by atoms with Gasteiger partial charge in [0.05, 0.1) is 24.7 Å². The first-order valence-electron chi connectivity index (χ1n) is 10.00. The second-order valence-corrected chi connectivity index (χ2v) is 7.43. The number of aliphatic imine (C=N–C) groups is 1. The maximum absolute atomic E-state index is 11.8. The van der Waals surface area contributed by atoms with Gasteiger partial charge in [-0.25, -0.2) is 0 Å². The summed E-state index contributed by atoms with van der Waals surface area (Å²) >= 11 is 0. The first-order chi connectivity index (χ1) is 12.1. The van der Waals surface area contributed by atoms with Crippen molar-refractivity contribution in [3.63, 3.8) is 0 Å². The molecular weight excluding hydrogens is 318 g/mol. The van der Waals surface area contributed by atoms with Crippen LogP contribution in [0.1, 0.15) is 71.6 Å². The molecule has 0 heterocycles. The van der Waals surface area contributed by atoms with E-state index in [0.29, 0.717) is 19.2 Å². The topological polar surface area (TPSA) is 83.0 Å². The zero-order valence-corrected chi connectivity index (χ0v) is 15.9. The third-order valence-electron chi connectivity index (χ3n) is 5.35. The van der Waals surface area contributed by atoms with Crippen molar-refractivity contribution in [2.45, 2.75) is 83.3 Å². The molecule has 0 spiro atoms. The number of nitrogens with zero attached hydrogens (tertiary/aromatic N) is 1. The highest BCUT2D eigenvalue weighted by Gasteiger charge is 2.30. The molecule has 3 N–H and O–H groups in total. The lowest BCUT2D eigenvalue weighted by Gasteiger charge is -2.32. The highest BCUT2D eigenvalue weighted by molar-refractivity contribution is 5.80. The molecule has 0 unspecified atom stereocenters. The average molecular weight is 354 g/mol. The van der Waals surface area contributed by atoms with E-state index >= 15 is 0 Å². The van der Waals surface area contributed by atoms with Crippen LogP contribution in [0.2, 0.25) is 0 Å². The van der Waals surface area contributed by atoms with Crippen molar-refractivity contribution in [2.75, 3.05) is 19.7 Å². The minimum Gasteiger partial charge on any atom is -0.466 e. The van der Waals surface area contributed by atoms with Crippen LogP contribution in [0, 0.1) is 5.92 Å². The van der Waals surface area contributed by atoms with E-state index in [4.69, 9.17) is 4.74 Å². The number of rotatable bonds is 6. The van der Waals surface area contributed by atoms with E-state index in [9.17, 15) is 9.90 Å². The summed E-state index contributed by atoms with van der Waals surface area (Å²) in [6, 6.07) is 0.324. The van der Waals surface area contributed by atoms with E-state index in [1.165, 1.54) is 6.42 Å². The van der Waals surface area contributed by atoms with Crippen LogP contribution in [0.15, 0.2) is 4.99 Å². The minimum atomic E-state index is -0.637. The van der Waals surface area contributed by atoms with Crippen LogP contribution in [0.4, 0.5) is 0 Å². The van der Waals surface area contributed by atoms with Crippen LogP contribution in [0.3, 0.4) is 0 Å². The van der Waals surface area contributed by atoms with E-state index in [0.717, 1.165) is 63.9 Å². The van der Waals surface area contributed by atoms with Crippen molar-refractivity contribution in [3.05, 3.63) is 0 Å². The second kappa shape index (κ2) is 10.00. The Morgan fingerprint density at radius 3 is 2.44 bits per heavy atom. The van der Waals surface area contributed by atoms with Gasteiger partial charge in [-0.1, -0.05) is 19.3 Å². The molecule has 144 valence electrons. The predicted octanol–water partition coefficient (Wildman–Crippen LogP) is 2.36. The van der Waals surface area contributed by atoms with Gasteiger partial charge in [0, 0.05) is 12.6 Å². The zero-order chi connectivity index (χ0) is 18.1. The molecule has 6 nitrogen and oxygen atoms in total. The summed E-state index contributed by atoms with van der Waals surface area (Å²) in [7, 11) is 0. The number of guanidine groups is 1. The van der Waals surface area contributed by atoms with Crippen LogP contribution in [0.5, 0.6) is 0 Å². The molecule has 0 atom stereocenters. The molecule has 0 saturated heterocycles. The summed E-state index contributed by atoms with van der Waals surface area (Å²) in [6.45, 7) is 5.61. The summed E-state index contributed by atoms with van der Waals surface area (Å²) < 4.78 is 5.13. The lowest BCUT2D eigenvalue weighted by molar-refractivity contribution is -0.149. The minimum absolute atomic E-state index is 0.0421. The number of hydrogen-bond donors (Lipinski definition) is 3. The Kier molecular flexibility index (Phi) is 8.00. The van der Waals surface area contributed by atoms with Crippen LogP contribution in [-0.4, -0.2) is 48.4 Å². The molecule has 2 fully saturated rings. The van der Waals surface area contributed by atoms with Crippen molar-refractivity contribution in [1.82, 2.24) is 10.6 Å². The Labute approximate surface area is 151 Å². The number of aliphatic hydroxyl groups is 1. The molecule has 6 heteroatoms. The SMILES string of the molecule is CCNC(=NCC1(O)CCCCC1)NC1CCC(C(=O)OCC)CC1. The zero-order valence-electron chi connectivity index (χ0n) is 15.9. The lowest BCUT2D eigenvalue weighted by Crippen LogP contribution is -2.46. The van der Waals surface area contributed by atoms with E-state index in [1.54, 1.807) is 0 Å². The first kappa shape index (κ1) is 20.0. The normalized spacial score (nSPS) is 26.8. The van der Waals surface area contributed by atoms with E-state index < -0.39 is 5.60 Å². The van der Waals surface area contributed by atoms with Gasteiger partial charge in [0.25, 0.3) is 0 Å². The number of ether oxygens (including phenoxy) is 1. The van der Waals surface area contributed by atoms with Crippen molar-refractivity contribution >= 4 is 11.9 Å².